The molecule has 0 atom stereocenters. The van der Waals surface area contributed by atoms with Crippen LogP contribution in [0.2, 0.25) is 0 Å². The molecule has 0 amide bonds. The van der Waals surface area contributed by atoms with Crippen molar-refractivity contribution in [3.63, 3.8) is 0 Å². The number of anilines is 2. The van der Waals surface area contributed by atoms with Gasteiger partial charge in [-0.25, -0.2) is 4.79 Å². The Bertz CT molecular complexity index is 1370. The maximum absolute atomic E-state index is 12.9. The van der Waals surface area contributed by atoms with Crippen LogP contribution in [0.15, 0.2) is 97.0 Å². The van der Waals surface area contributed by atoms with Gasteiger partial charge in [0.05, 0.1) is 10.9 Å². The molecular formula is C23H14BrNO3. The Morgan fingerprint density at radius 3 is 2.43 bits per heavy atom. The maximum Gasteiger partial charge on any atom is 0.348 e. The SMILES string of the molecule is O=c1oc2ccccc2c2oc(Nc3ccccc3)c(-c3cccc(Br)c3)c12. The fourth-order valence-electron chi connectivity index (χ4n) is 3.37. The number of nitrogens with one attached hydrogen (secondary N) is 1. The van der Waals surface area contributed by atoms with E-state index >= 15 is 0 Å². The third-order valence-electron chi connectivity index (χ3n) is 4.59. The smallest absolute Gasteiger partial charge is 0.348 e. The maximum atomic E-state index is 12.9. The van der Waals surface area contributed by atoms with Crippen molar-refractivity contribution in [1.29, 1.82) is 0 Å². The molecule has 0 saturated carbocycles. The van der Waals surface area contributed by atoms with Crippen molar-refractivity contribution < 1.29 is 8.83 Å². The van der Waals surface area contributed by atoms with Crippen molar-refractivity contribution in [2.45, 2.75) is 0 Å². The summed E-state index contributed by atoms with van der Waals surface area (Å²) in [6.45, 7) is 0. The Kier molecular flexibility index (Phi) is 4.02. The molecule has 0 spiro atoms. The van der Waals surface area contributed by atoms with Gasteiger partial charge in [0.15, 0.2) is 5.58 Å². The number of hydrogen-bond donors (Lipinski definition) is 1. The van der Waals surface area contributed by atoms with E-state index in [1.807, 2.05) is 72.8 Å². The topological polar surface area (TPSA) is 55.4 Å². The summed E-state index contributed by atoms with van der Waals surface area (Å²) < 4.78 is 12.7. The molecule has 2 heterocycles. The second kappa shape index (κ2) is 6.69. The number of rotatable bonds is 3. The first-order valence-corrected chi connectivity index (χ1v) is 9.56. The Labute approximate surface area is 168 Å². The second-order valence-electron chi connectivity index (χ2n) is 6.40. The molecule has 0 aliphatic carbocycles. The average molecular weight is 432 g/mol. The summed E-state index contributed by atoms with van der Waals surface area (Å²) in [5.41, 5.74) is 3.00. The van der Waals surface area contributed by atoms with Gasteiger partial charge in [-0.05, 0) is 42.0 Å². The van der Waals surface area contributed by atoms with Crippen LogP contribution in [0.25, 0.3) is 33.1 Å². The monoisotopic (exact) mass is 431 g/mol. The van der Waals surface area contributed by atoms with Crippen LogP contribution in [0.5, 0.6) is 0 Å². The number of furan rings is 1. The van der Waals surface area contributed by atoms with Crippen LogP contribution in [0.4, 0.5) is 11.6 Å². The van der Waals surface area contributed by atoms with E-state index in [1.54, 1.807) is 6.07 Å². The van der Waals surface area contributed by atoms with E-state index in [-0.39, 0.29) is 0 Å². The van der Waals surface area contributed by atoms with E-state index in [0.717, 1.165) is 21.1 Å². The van der Waals surface area contributed by atoms with Gasteiger partial charge in [0.25, 0.3) is 0 Å². The standard InChI is InChI=1S/C23H14BrNO3/c24-15-8-6-7-14(13-15)19-20-21(17-11-4-5-12-18(17)27-23(20)26)28-22(19)25-16-9-2-1-3-10-16/h1-13,25H. The minimum Gasteiger partial charge on any atom is -0.439 e. The van der Waals surface area contributed by atoms with Crippen LogP contribution < -0.4 is 10.9 Å². The number of hydrogen-bond acceptors (Lipinski definition) is 4. The lowest BCUT2D eigenvalue weighted by Crippen LogP contribution is -2.00. The third kappa shape index (κ3) is 2.80. The summed E-state index contributed by atoms with van der Waals surface area (Å²) in [6, 6.07) is 24.9. The molecule has 0 fully saturated rings. The number of para-hydroxylation sites is 2. The molecular weight excluding hydrogens is 418 g/mol. The molecule has 0 aliphatic heterocycles. The van der Waals surface area contributed by atoms with Crippen LogP contribution in [0, 0.1) is 0 Å². The van der Waals surface area contributed by atoms with Crippen LogP contribution >= 0.6 is 15.9 Å². The molecule has 1 N–H and O–H groups in total. The van der Waals surface area contributed by atoms with Crippen molar-refractivity contribution in [1.82, 2.24) is 0 Å². The molecule has 0 saturated heterocycles. The lowest BCUT2D eigenvalue weighted by atomic mass is 10.0. The zero-order valence-electron chi connectivity index (χ0n) is 14.6. The van der Waals surface area contributed by atoms with Crippen molar-refractivity contribution in [3.05, 3.63) is 93.8 Å². The molecule has 0 unspecified atom stereocenters. The molecule has 2 aromatic heterocycles. The summed E-state index contributed by atoms with van der Waals surface area (Å²) in [5.74, 6) is 0.503. The largest absolute Gasteiger partial charge is 0.439 e. The van der Waals surface area contributed by atoms with Crippen molar-refractivity contribution >= 4 is 49.4 Å². The van der Waals surface area contributed by atoms with Crippen molar-refractivity contribution in [3.8, 4) is 11.1 Å². The fourth-order valence-corrected chi connectivity index (χ4v) is 3.77. The van der Waals surface area contributed by atoms with Gasteiger partial charge < -0.3 is 14.2 Å². The van der Waals surface area contributed by atoms with E-state index < -0.39 is 5.63 Å². The summed E-state index contributed by atoms with van der Waals surface area (Å²) in [6.07, 6.45) is 0. The summed E-state index contributed by atoms with van der Waals surface area (Å²) in [7, 11) is 0. The second-order valence-corrected chi connectivity index (χ2v) is 7.31. The van der Waals surface area contributed by atoms with E-state index in [4.69, 9.17) is 8.83 Å². The molecule has 5 rings (SSSR count). The van der Waals surface area contributed by atoms with Crippen molar-refractivity contribution in [2.24, 2.45) is 0 Å². The third-order valence-corrected chi connectivity index (χ3v) is 5.08. The quantitative estimate of drug-likeness (QED) is 0.322. The Morgan fingerprint density at radius 2 is 1.61 bits per heavy atom. The van der Waals surface area contributed by atoms with E-state index in [2.05, 4.69) is 21.2 Å². The first-order chi connectivity index (χ1) is 13.7. The number of fused-ring (bicyclic) bond motifs is 3. The van der Waals surface area contributed by atoms with Crippen molar-refractivity contribution in [2.75, 3.05) is 5.32 Å². The highest BCUT2D eigenvalue weighted by molar-refractivity contribution is 9.10. The van der Waals surface area contributed by atoms with Crippen LogP contribution in [-0.4, -0.2) is 0 Å². The Morgan fingerprint density at radius 1 is 0.821 bits per heavy atom. The lowest BCUT2D eigenvalue weighted by molar-refractivity contribution is 0.566. The van der Waals surface area contributed by atoms with E-state index in [1.165, 1.54) is 0 Å². The summed E-state index contributed by atoms with van der Waals surface area (Å²) in [5, 5.41) is 4.49. The normalized spacial score (nSPS) is 11.2. The predicted molar refractivity (Wildman–Crippen MR) is 115 cm³/mol. The zero-order chi connectivity index (χ0) is 19.1. The zero-order valence-corrected chi connectivity index (χ0v) is 16.2. The lowest BCUT2D eigenvalue weighted by Gasteiger charge is -2.06. The van der Waals surface area contributed by atoms with E-state index in [9.17, 15) is 4.79 Å². The Hall–Kier alpha value is -3.31. The van der Waals surface area contributed by atoms with Gasteiger partial charge in [0, 0.05) is 10.2 Å². The number of halogens is 1. The number of benzene rings is 3. The highest BCUT2D eigenvalue weighted by atomic mass is 79.9. The molecule has 5 aromatic rings. The van der Waals surface area contributed by atoms with E-state index in [0.29, 0.717) is 28.0 Å². The summed E-state index contributed by atoms with van der Waals surface area (Å²) >= 11 is 3.51. The average Bonchev–Trinajstić information content (AvgIpc) is 3.09. The van der Waals surface area contributed by atoms with Gasteiger partial charge >= 0.3 is 5.63 Å². The molecule has 0 radical (unpaired) electrons. The molecule has 3 aromatic carbocycles. The predicted octanol–water partition coefficient (Wildman–Crippen LogP) is 6.71. The van der Waals surface area contributed by atoms with Gasteiger partial charge in [0.2, 0.25) is 5.88 Å². The first kappa shape index (κ1) is 16.8. The fraction of sp³-hybridized carbons (Fsp3) is 0. The molecule has 136 valence electrons. The minimum atomic E-state index is -0.423. The molecule has 0 bridgehead atoms. The summed E-state index contributed by atoms with van der Waals surface area (Å²) in [4.78, 5) is 12.9. The molecule has 28 heavy (non-hydrogen) atoms. The molecule has 0 aliphatic rings. The van der Waals surface area contributed by atoms with Gasteiger partial charge in [-0.15, -0.1) is 0 Å². The van der Waals surface area contributed by atoms with Gasteiger partial charge in [-0.2, -0.15) is 0 Å². The van der Waals surface area contributed by atoms with Gasteiger partial charge in [-0.3, -0.25) is 0 Å². The van der Waals surface area contributed by atoms with Crippen LogP contribution in [0.3, 0.4) is 0 Å². The molecule has 5 heteroatoms. The highest BCUT2D eigenvalue weighted by Gasteiger charge is 2.22. The van der Waals surface area contributed by atoms with Gasteiger partial charge in [0.1, 0.15) is 11.0 Å². The minimum absolute atomic E-state index is 0.423. The van der Waals surface area contributed by atoms with Crippen LogP contribution in [0.1, 0.15) is 0 Å². The first-order valence-electron chi connectivity index (χ1n) is 8.77. The Balaban J connectivity index is 1.87. The highest BCUT2D eigenvalue weighted by Crippen LogP contribution is 2.41. The van der Waals surface area contributed by atoms with Crippen LogP contribution in [-0.2, 0) is 0 Å². The molecule has 4 nitrogen and oxygen atoms in total. The van der Waals surface area contributed by atoms with Gasteiger partial charge in [-0.1, -0.05) is 58.4 Å².